The number of rotatable bonds is 11. The Hall–Kier alpha value is -2.36. The highest BCUT2D eigenvalue weighted by molar-refractivity contribution is 5.73. The number of aliphatic hydroxyl groups is 1. The molecule has 0 saturated heterocycles. The molecular formula is C17H39N5O9. The second-order valence-electron chi connectivity index (χ2n) is 6.53. The topological polar surface area (TPSA) is 300 Å². The predicted octanol–water partition coefficient (Wildman–Crippen LogP) is -2.61. The third-order valence-electron chi connectivity index (χ3n) is 3.02. The van der Waals surface area contributed by atoms with E-state index in [1.54, 1.807) is 0 Å². The SMILES string of the molecule is CC(C)C[C@H](N)C(=O)O.NCC(=O)O.NCCCC[C@H](N)C(=O)O.N[C@@H](CO)C(=O)O. The summed E-state index contributed by atoms with van der Waals surface area (Å²) in [5.41, 5.74) is 25.0. The lowest BCUT2D eigenvalue weighted by atomic mass is 10.1. The minimum atomic E-state index is -1.18. The molecule has 0 aromatic rings. The van der Waals surface area contributed by atoms with Crippen LogP contribution in [0.15, 0.2) is 0 Å². The molecule has 0 fully saturated rings. The van der Waals surface area contributed by atoms with Gasteiger partial charge in [-0.3, -0.25) is 19.2 Å². The first-order valence-corrected chi connectivity index (χ1v) is 9.35. The Balaban J connectivity index is -0.000000161. The van der Waals surface area contributed by atoms with Crippen LogP contribution in [0.3, 0.4) is 0 Å². The van der Waals surface area contributed by atoms with Crippen molar-refractivity contribution in [1.29, 1.82) is 0 Å². The maximum Gasteiger partial charge on any atom is 0.322 e. The van der Waals surface area contributed by atoms with E-state index in [1.807, 2.05) is 13.8 Å². The highest BCUT2D eigenvalue weighted by Crippen LogP contribution is 2.01. The van der Waals surface area contributed by atoms with Crippen molar-refractivity contribution in [2.45, 2.75) is 57.7 Å². The lowest BCUT2D eigenvalue weighted by Crippen LogP contribution is -2.33. The van der Waals surface area contributed by atoms with Crippen LogP contribution in [0.25, 0.3) is 0 Å². The Kier molecular flexibility index (Phi) is 27.8. The zero-order chi connectivity index (χ0) is 25.6. The van der Waals surface area contributed by atoms with E-state index in [2.05, 4.69) is 5.73 Å². The van der Waals surface area contributed by atoms with Gasteiger partial charge in [0.25, 0.3) is 0 Å². The van der Waals surface area contributed by atoms with Crippen molar-refractivity contribution >= 4 is 23.9 Å². The van der Waals surface area contributed by atoms with Gasteiger partial charge in [0, 0.05) is 0 Å². The van der Waals surface area contributed by atoms with Crippen molar-refractivity contribution < 1.29 is 44.7 Å². The Labute approximate surface area is 181 Å². The Morgan fingerprint density at radius 2 is 1.13 bits per heavy atom. The monoisotopic (exact) mass is 457 g/mol. The molecule has 31 heavy (non-hydrogen) atoms. The van der Waals surface area contributed by atoms with Crippen LogP contribution in [0.1, 0.15) is 39.5 Å². The van der Waals surface area contributed by atoms with Crippen molar-refractivity contribution in [3.8, 4) is 0 Å². The van der Waals surface area contributed by atoms with E-state index in [0.717, 1.165) is 12.8 Å². The van der Waals surface area contributed by atoms with Crippen molar-refractivity contribution in [2.75, 3.05) is 19.7 Å². The molecule has 0 spiro atoms. The van der Waals surface area contributed by atoms with Crippen LogP contribution in [-0.2, 0) is 19.2 Å². The van der Waals surface area contributed by atoms with Gasteiger partial charge in [-0.05, 0) is 31.7 Å². The van der Waals surface area contributed by atoms with E-state index in [1.165, 1.54) is 0 Å². The lowest BCUT2D eigenvalue weighted by Gasteiger charge is -2.07. The summed E-state index contributed by atoms with van der Waals surface area (Å²) >= 11 is 0. The molecule has 0 rings (SSSR count). The summed E-state index contributed by atoms with van der Waals surface area (Å²) < 4.78 is 0. The van der Waals surface area contributed by atoms with Crippen LogP contribution in [0.5, 0.6) is 0 Å². The van der Waals surface area contributed by atoms with Gasteiger partial charge in [0.1, 0.15) is 18.1 Å². The van der Waals surface area contributed by atoms with Gasteiger partial charge in [0.2, 0.25) is 0 Å². The Morgan fingerprint density at radius 1 is 0.742 bits per heavy atom. The van der Waals surface area contributed by atoms with Crippen LogP contribution >= 0.6 is 0 Å². The summed E-state index contributed by atoms with van der Waals surface area (Å²) in [6, 6.07) is -2.53. The maximum absolute atomic E-state index is 10.1. The largest absolute Gasteiger partial charge is 0.480 e. The highest BCUT2D eigenvalue weighted by atomic mass is 16.4. The van der Waals surface area contributed by atoms with Gasteiger partial charge in [0.05, 0.1) is 13.2 Å². The van der Waals surface area contributed by atoms with Crippen molar-refractivity contribution in [1.82, 2.24) is 0 Å². The fourth-order valence-electron chi connectivity index (χ4n) is 1.32. The molecule has 0 saturated carbocycles. The molecule has 0 amide bonds. The quantitative estimate of drug-likeness (QED) is 0.142. The van der Waals surface area contributed by atoms with Gasteiger partial charge in [-0.25, -0.2) is 0 Å². The molecule has 0 aliphatic rings. The van der Waals surface area contributed by atoms with Crippen LogP contribution in [0, 0.1) is 5.92 Å². The molecule has 0 bridgehead atoms. The van der Waals surface area contributed by atoms with Crippen LogP contribution in [0.4, 0.5) is 0 Å². The Morgan fingerprint density at radius 3 is 1.29 bits per heavy atom. The van der Waals surface area contributed by atoms with Crippen molar-refractivity contribution in [3.05, 3.63) is 0 Å². The smallest absolute Gasteiger partial charge is 0.322 e. The van der Waals surface area contributed by atoms with E-state index in [0.29, 0.717) is 25.3 Å². The first-order valence-electron chi connectivity index (χ1n) is 9.35. The van der Waals surface area contributed by atoms with Gasteiger partial charge < -0.3 is 54.2 Å². The van der Waals surface area contributed by atoms with Crippen LogP contribution in [0.2, 0.25) is 0 Å². The Bertz CT molecular complexity index is 493. The average molecular weight is 458 g/mol. The fourth-order valence-corrected chi connectivity index (χ4v) is 1.32. The molecule has 0 aromatic heterocycles. The van der Waals surface area contributed by atoms with Gasteiger partial charge in [-0.2, -0.15) is 0 Å². The van der Waals surface area contributed by atoms with E-state index in [-0.39, 0.29) is 6.54 Å². The normalized spacial score (nSPS) is 12.4. The fraction of sp³-hybridized carbons (Fsp3) is 0.765. The van der Waals surface area contributed by atoms with Crippen molar-refractivity contribution in [3.63, 3.8) is 0 Å². The summed E-state index contributed by atoms with van der Waals surface area (Å²) in [7, 11) is 0. The summed E-state index contributed by atoms with van der Waals surface area (Å²) in [5.74, 6) is -3.63. The number of aliphatic hydroxyl groups excluding tert-OH is 1. The number of hydrogen-bond acceptors (Lipinski definition) is 10. The molecule has 0 aliphatic heterocycles. The summed E-state index contributed by atoms with van der Waals surface area (Å²) in [6.07, 6.45) is 2.72. The standard InChI is InChI=1S/C6H14N2O2.C6H13NO2.C3H7NO3.C2H5NO2/c7-4-2-1-3-5(8)6(9)10;1-4(2)3-5(7)6(8)9;4-2(1-5)3(6)7;3-1-2(4)5/h5H,1-4,7-8H2,(H,9,10);4-5H,3,7H2,1-2H3,(H,8,9);2,5H,1,4H2,(H,6,7);1,3H2,(H,4,5)/t2*5-;2-;/m000./s1. The minimum absolute atomic E-state index is 0.278. The lowest BCUT2D eigenvalue weighted by molar-refractivity contribution is -0.140. The molecular weight excluding hydrogens is 418 g/mol. The van der Waals surface area contributed by atoms with Gasteiger partial charge in [0.15, 0.2) is 0 Å². The van der Waals surface area contributed by atoms with Gasteiger partial charge in [-0.15, -0.1) is 0 Å². The molecule has 0 heterocycles. The first kappa shape index (κ1) is 36.0. The molecule has 0 unspecified atom stereocenters. The number of nitrogens with two attached hydrogens (primary N) is 5. The van der Waals surface area contributed by atoms with Crippen LogP contribution < -0.4 is 28.7 Å². The second-order valence-corrected chi connectivity index (χ2v) is 6.53. The predicted molar refractivity (Wildman–Crippen MR) is 113 cm³/mol. The first-order chi connectivity index (χ1) is 14.2. The number of carboxylic acids is 4. The molecule has 3 atom stereocenters. The van der Waals surface area contributed by atoms with Crippen LogP contribution in [-0.4, -0.2) is 87.2 Å². The maximum atomic E-state index is 10.1. The number of hydrogen-bond donors (Lipinski definition) is 10. The average Bonchev–Trinajstić information content (AvgIpc) is 2.68. The van der Waals surface area contributed by atoms with E-state index >= 15 is 0 Å². The number of carbonyl (C=O) groups is 4. The number of carboxylic acid groups (broad SMARTS) is 4. The zero-order valence-electron chi connectivity index (χ0n) is 18.0. The molecule has 0 aliphatic carbocycles. The van der Waals surface area contributed by atoms with E-state index in [4.69, 9.17) is 48.5 Å². The van der Waals surface area contributed by atoms with E-state index in [9.17, 15) is 19.2 Å². The van der Waals surface area contributed by atoms with Gasteiger partial charge >= 0.3 is 23.9 Å². The van der Waals surface area contributed by atoms with Gasteiger partial charge in [-0.1, -0.05) is 20.3 Å². The molecule has 0 radical (unpaired) electrons. The minimum Gasteiger partial charge on any atom is -0.480 e. The highest BCUT2D eigenvalue weighted by Gasteiger charge is 2.12. The summed E-state index contributed by atoms with van der Waals surface area (Å²) in [6.45, 7) is 3.72. The number of aliphatic carboxylic acids is 4. The zero-order valence-corrected chi connectivity index (χ0v) is 18.0. The second kappa shape index (κ2) is 23.9. The molecule has 186 valence electrons. The van der Waals surface area contributed by atoms with E-state index < -0.39 is 48.6 Å². The molecule has 14 heteroatoms. The summed E-state index contributed by atoms with van der Waals surface area (Å²) in [5, 5.41) is 40.1. The number of unbranched alkanes of at least 4 members (excludes halogenated alkanes) is 1. The third kappa shape index (κ3) is 35.5. The molecule has 15 N–H and O–H groups in total. The van der Waals surface area contributed by atoms with Crippen molar-refractivity contribution in [2.24, 2.45) is 34.6 Å². The molecule has 14 nitrogen and oxygen atoms in total. The summed E-state index contributed by atoms with van der Waals surface area (Å²) in [4.78, 5) is 39.1. The molecule has 0 aromatic carbocycles. The third-order valence-corrected chi connectivity index (χ3v) is 3.02.